The molecule has 8 nitrogen and oxygen atoms in total. The summed E-state index contributed by atoms with van der Waals surface area (Å²) in [4.78, 5) is 11.8. The Kier molecular flexibility index (Phi) is 7.44. The van der Waals surface area contributed by atoms with E-state index in [-0.39, 0.29) is 6.04 Å². The lowest BCUT2D eigenvalue weighted by Crippen LogP contribution is -2.38. The smallest absolute Gasteiger partial charge is 0.192 e. The molecule has 3 N–H and O–H groups in total. The van der Waals surface area contributed by atoms with Gasteiger partial charge in [0.1, 0.15) is 18.1 Å². The van der Waals surface area contributed by atoms with Crippen molar-refractivity contribution in [2.45, 2.75) is 39.3 Å². The van der Waals surface area contributed by atoms with Gasteiger partial charge >= 0.3 is 0 Å². The van der Waals surface area contributed by atoms with Crippen molar-refractivity contribution in [2.75, 3.05) is 31.6 Å². The van der Waals surface area contributed by atoms with Crippen LogP contribution in [-0.4, -0.2) is 47.9 Å². The highest BCUT2D eigenvalue weighted by Crippen LogP contribution is 2.24. The van der Waals surface area contributed by atoms with Gasteiger partial charge in [0.25, 0.3) is 0 Å². The third kappa shape index (κ3) is 5.83. The molecule has 0 radical (unpaired) electrons. The molecule has 1 aromatic heterocycles. The van der Waals surface area contributed by atoms with Crippen LogP contribution in [0, 0.1) is 0 Å². The number of benzene rings is 2. The summed E-state index contributed by atoms with van der Waals surface area (Å²) in [5.74, 6) is 2.91. The molecular formula is C25H33N7O. The standard InChI is InChI=1S/C25H33N7O/c1-4-26-25(28-18(2)20-8-7-9-21(16-20)32-14-5-6-15-32)27-17-23-29-24(31-30-23)19-10-12-22(33-3)13-11-19/h7-13,16,18H,4-6,14-15,17H2,1-3H3,(H2,26,27,28)(H,29,30,31). The molecule has 0 amide bonds. The predicted octanol–water partition coefficient (Wildman–Crippen LogP) is 3.90. The van der Waals surface area contributed by atoms with Gasteiger partial charge in [0.2, 0.25) is 0 Å². The van der Waals surface area contributed by atoms with Crippen LogP contribution in [0.15, 0.2) is 53.5 Å². The van der Waals surface area contributed by atoms with Crippen LogP contribution in [0.25, 0.3) is 11.4 Å². The number of H-pyrrole nitrogens is 1. The van der Waals surface area contributed by atoms with Crippen molar-refractivity contribution in [3.8, 4) is 17.1 Å². The molecule has 0 bridgehead atoms. The Bertz CT molecular complexity index is 1050. The average molecular weight is 448 g/mol. The van der Waals surface area contributed by atoms with Crippen molar-refractivity contribution < 1.29 is 4.74 Å². The molecule has 1 aliphatic rings. The third-order valence-electron chi connectivity index (χ3n) is 5.81. The average Bonchev–Trinajstić information content (AvgIpc) is 3.55. The molecule has 174 valence electrons. The Balaban J connectivity index is 1.41. The van der Waals surface area contributed by atoms with E-state index in [1.807, 2.05) is 24.3 Å². The summed E-state index contributed by atoms with van der Waals surface area (Å²) in [5.41, 5.74) is 3.47. The molecule has 33 heavy (non-hydrogen) atoms. The van der Waals surface area contributed by atoms with Gasteiger partial charge in [-0.1, -0.05) is 12.1 Å². The fourth-order valence-corrected chi connectivity index (χ4v) is 3.96. The number of nitrogens with zero attached hydrogens (tertiary/aromatic N) is 4. The molecule has 3 aromatic rings. The molecule has 0 saturated carbocycles. The first kappa shape index (κ1) is 22.6. The fourth-order valence-electron chi connectivity index (χ4n) is 3.96. The summed E-state index contributed by atoms with van der Waals surface area (Å²) in [7, 11) is 1.65. The van der Waals surface area contributed by atoms with Crippen LogP contribution in [0.5, 0.6) is 5.75 Å². The number of aromatic nitrogens is 3. The number of ether oxygens (including phenoxy) is 1. The Labute approximate surface area is 195 Å². The highest BCUT2D eigenvalue weighted by Gasteiger charge is 2.15. The number of hydrogen-bond donors (Lipinski definition) is 3. The number of nitrogens with one attached hydrogen (secondary N) is 3. The van der Waals surface area contributed by atoms with Crippen molar-refractivity contribution >= 4 is 11.6 Å². The molecule has 8 heteroatoms. The summed E-state index contributed by atoms with van der Waals surface area (Å²) < 4.78 is 5.21. The van der Waals surface area contributed by atoms with Crippen LogP contribution in [-0.2, 0) is 6.54 Å². The van der Waals surface area contributed by atoms with Crippen LogP contribution in [0.2, 0.25) is 0 Å². The van der Waals surface area contributed by atoms with Gasteiger partial charge < -0.3 is 20.3 Å². The van der Waals surface area contributed by atoms with Gasteiger partial charge in [0.15, 0.2) is 11.8 Å². The van der Waals surface area contributed by atoms with E-state index in [2.05, 4.69) is 68.8 Å². The second-order valence-corrected chi connectivity index (χ2v) is 8.18. The van der Waals surface area contributed by atoms with Crippen molar-refractivity contribution in [2.24, 2.45) is 4.99 Å². The van der Waals surface area contributed by atoms with Gasteiger partial charge in [-0.3, -0.25) is 5.10 Å². The molecule has 2 heterocycles. The summed E-state index contributed by atoms with van der Waals surface area (Å²) in [6, 6.07) is 16.6. The minimum absolute atomic E-state index is 0.120. The molecule has 1 fully saturated rings. The molecule has 1 atom stereocenters. The van der Waals surface area contributed by atoms with Gasteiger partial charge in [0, 0.05) is 30.9 Å². The van der Waals surface area contributed by atoms with E-state index in [4.69, 9.17) is 9.73 Å². The lowest BCUT2D eigenvalue weighted by atomic mass is 10.1. The Morgan fingerprint density at radius 2 is 1.97 bits per heavy atom. The van der Waals surface area contributed by atoms with Crippen LogP contribution >= 0.6 is 0 Å². The lowest BCUT2D eigenvalue weighted by molar-refractivity contribution is 0.415. The van der Waals surface area contributed by atoms with Crippen LogP contribution in [0.3, 0.4) is 0 Å². The van der Waals surface area contributed by atoms with Crippen LogP contribution in [0.4, 0.5) is 5.69 Å². The molecular weight excluding hydrogens is 414 g/mol. The summed E-state index contributed by atoms with van der Waals surface area (Å²) in [5, 5.41) is 14.2. The maximum Gasteiger partial charge on any atom is 0.192 e. The van der Waals surface area contributed by atoms with E-state index >= 15 is 0 Å². The first-order valence-corrected chi connectivity index (χ1v) is 11.6. The van der Waals surface area contributed by atoms with E-state index in [1.165, 1.54) is 24.1 Å². The molecule has 0 spiro atoms. The molecule has 0 aliphatic carbocycles. The zero-order valence-corrected chi connectivity index (χ0v) is 19.6. The van der Waals surface area contributed by atoms with Crippen molar-refractivity contribution in [3.05, 3.63) is 59.9 Å². The first-order valence-electron chi connectivity index (χ1n) is 11.6. The van der Waals surface area contributed by atoms with Gasteiger partial charge in [0.05, 0.1) is 13.2 Å². The summed E-state index contributed by atoms with van der Waals surface area (Å²) in [6.45, 7) is 7.69. The minimum atomic E-state index is 0.120. The number of methoxy groups -OCH3 is 1. The second-order valence-electron chi connectivity index (χ2n) is 8.18. The van der Waals surface area contributed by atoms with Crippen LogP contribution in [0.1, 0.15) is 44.1 Å². The monoisotopic (exact) mass is 447 g/mol. The largest absolute Gasteiger partial charge is 0.497 e. The number of aromatic amines is 1. The van der Waals surface area contributed by atoms with E-state index in [0.717, 1.165) is 36.9 Å². The number of hydrogen-bond acceptors (Lipinski definition) is 5. The summed E-state index contributed by atoms with van der Waals surface area (Å²) in [6.07, 6.45) is 2.55. The highest BCUT2D eigenvalue weighted by atomic mass is 16.5. The maximum atomic E-state index is 5.21. The quantitative estimate of drug-likeness (QED) is 0.358. The molecule has 1 aliphatic heterocycles. The number of anilines is 1. The molecule has 2 aromatic carbocycles. The topological polar surface area (TPSA) is 90.5 Å². The number of guanidine groups is 1. The maximum absolute atomic E-state index is 5.21. The van der Waals surface area contributed by atoms with Gasteiger partial charge in [-0.25, -0.2) is 9.98 Å². The van der Waals surface area contributed by atoms with Crippen molar-refractivity contribution in [1.29, 1.82) is 0 Å². The van der Waals surface area contributed by atoms with E-state index in [9.17, 15) is 0 Å². The third-order valence-corrected chi connectivity index (χ3v) is 5.81. The predicted molar refractivity (Wildman–Crippen MR) is 133 cm³/mol. The van der Waals surface area contributed by atoms with E-state index in [1.54, 1.807) is 7.11 Å². The zero-order chi connectivity index (χ0) is 23.0. The van der Waals surface area contributed by atoms with Crippen molar-refractivity contribution in [1.82, 2.24) is 25.8 Å². The second kappa shape index (κ2) is 10.8. The Morgan fingerprint density at radius 3 is 2.70 bits per heavy atom. The van der Waals surface area contributed by atoms with Gasteiger partial charge in [-0.2, -0.15) is 5.10 Å². The van der Waals surface area contributed by atoms with Crippen LogP contribution < -0.4 is 20.3 Å². The normalized spacial score (nSPS) is 14.9. The van der Waals surface area contributed by atoms with Crippen molar-refractivity contribution in [3.63, 3.8) is 0 Å². The van der Waals surface area contributed by atoms with Gasteiger partial charge in [-0.05, 0) is 68.7 Å². The Hall–Kier alpha value is -3.55. The fraction of sp³-hybridized carbons (Fsp3) is 0.400. The zero-order valence-electron chi connectivity index (χ0n) is 19.6. The molecule has 1 unspecified atom stereocenters. The Morgan fingerprint density at radius 1 is 1.18 bits per heavy atom. The van der Waals surface area contributed by atoms with E-state index < -0.39 is 0 Å². The first-order chi connectivity index (χ1) is 16.2. The summed E-state index contributed by atoms with van der Waals surface area (Å²) >= 11 is 0. The van der Waals surface area contributed by atoms with E-state index in [0.29, 0.717) is 18.2 Å². The molecule has 4 rings (SSSR count). The SMILES string of the molecule is CCNC(=NCc1nc(-c2ccc(OC)cc2)n[nH]1)NC(C)c1cccc(N2CCCC2)c1. The lowest BCUT2D eigenvalue weighted by Gasteiger charge is -2.22. The number of aliphatic imine (C=N–C) groups is 1. The molecule has 1 saturated heterocycles. The number of rotatable bonds is 8. The highest BCUT2D eigenvalue weighted by molar-refractivity contribution is 5.80. The minimum Gasteiger partial charge on any atom is -0.497 e. The van der Waals surface area contributed by atoms with Gasteiger partial charge in [-0.15, -0.1) is 0 Å².